The molecule has 1 aliphatic heterocycles. The Hall–Kier alpha value is -4.08. The second-order valence-electron chi connectivity index (χ2n) is 6.54. The molecular weight excluding hydrogens is 392 g/mol. The number of nitrogens with one attached hydrogen (secondary N) is 1. The summed E-state index contributed by atoms with van der Waals surface area (Å²) in [5.74, 6) is 2.15. The van der Waals surface area contributed by atoms with Gasteiger partial charge in [-0.2, -0.15) is 4.98 Å². The van der Waals surface area contributed by atoms with Crippen molar-refractivity contribution < 1.29 is 18.7 Å². The molecule has 0 aliphatic carbocycles. The topological polar surface area (TPSA) is 121 Å². The highest BCUT2D eigenvalue weighted by Gasteiger charge is 2.19. The molecular formula is C20H16N4O6. The van der Waals surface area contributed by atoms with Gasteiger partial charge in [0.25, 0.3) is 5.56 Å². The summed E-state index contributed by atoms with van der Waals surface area (Å²) >= 11 is 0. The van der Waals surface area contributed by atoms with Crippen molar-refractivity contribution in [1.29, 1.82) is 0 Å². The SMILES string of the molecule is CCOc1ccc(-c2noc(Cn3c(=O)[nH]c4cc5c(cc4c3=O)OCO5)n2)cc1. The molecule has 0 bridgehead atoms. The Kier molecular flexibility index (Phi) is 4.24. The molecule has 10 heteroatoms. The molecule has 0 spiro atoms. The van der Waals surface area contributed by atoms with E-state index in [4.69, 9.17) is 18.7 Å². The first kappa shape index (κ1) is 18.0. The largest absolute Gasteiger partial charge is 0.494 e. The summed E-state index contributed by atoms with van der Waals surface area (Å²) < 4.78 is 22.3. The van der Waals surface area contributed by atoms with Gasteiger partial charge in [0, 0.05) is 11.6 Å². The number of hydrogen-bond acceptors (Lipinski definition) is 8. The second kappa shape index (κ2) is 7.07. The lowest BCUT2D eigenvalue weighted by atomic mass is 10.2. The van der Waals surface area contributed by atoms with Crippen molar-refractivity contribution in [2.24, 2.45) is 0 Å². The third-order valence-electron chi connectivity index (χ3n) is 4.66. The Morgan fingerprint density at radius 3 is 2.67 bits per heavy atom. The quantitative estimate of drug-likeness (QED) is 0.532. The van der Waals surface area contributed by atoms with Crippen LogP contribution in [0.5, 0.6) is 17.2 Å². The maximum absolute atomic E-state index is 12.9. The van der Waals surface area contributed by atoms with Crippen LogP contribution in [0.25, 0.3) is 22.3 Å². The first-order chi connectivity index (χ1) is 14.6. The Bertz CT molecular complexity index is 1350. The van der Waals surface area contributed by atoms with Gasteiger partial charge in [0.2, 0.25) is 18.5 Å². The summed E-state index contributed by atoms with van der Waals surface area (Å²) in [5, 5.41) is 4.23. The highest BCUT2D eigenvalue weighted by Crippen LogP contribution is 2.34. The fourth-order valence-electron chi connectivity index (χ4n) is 3.22. The van der Waals surface area contributed by atoms with Crippen molar-refractivity contribution in [3.8, 4) is 28.6 Å². The van der Waals surface area contributed by atoms with Gasteiger partial charge < -0.3 is 23.7 Å². The van der Waals surface area contributed by atoms with Gasteiger partial charge in [-0.05, 0) is 37.3 Å². The molecule has 5 rings (SSSR count). The van der Waals surface area contributed by atoms with Crippen LogP contribution in [-0.4, -0.2) is 33.1 Å². The third kappa shape index (κ3) is 3.08. The van der Waals surface area contributed by atoms with Crippen LogP contribution in [0.1, 0.15) is 12.8 Å². The zero-order valence-corrected chi connectivity index (χ0v) is 15.9. The zero-order valence-electron chi connectivity index (χ0n) is 15.9. The van der Waals surface area contributed by atoms with Crippen LogP contribution < -0.4 is 25.5 Å². The lowest BCUT2D eigenvalue weighted by Crippen LogP contribution is -2.35. The van der Waals surface area contributed by atoms with Gasteiger partial charge in [-0.25, -0.2) is 4.79 Å². The summed E-state index contributed by atoms with van der Waals surface area (Å²) in [4.78, 5) is 32.3. The molecule has 2 aromatic heterocycles. The number of H-pyrrole nitrogens is 1. The average molecular weight is 408 g/mol. The van der Waals surface area contributed by atoms with Gasteiger partial charge in [-0.3, -0.25) is 9.36 Å². The van der Waals surface area contributed by atoms with E-state index in [-0.39, 0.29) is 19.2 Å². The standard InChI is InChI=1S/C20H16N4O6/c1-2-27-12-5-3-11(4-6-12)18-22-17(30-23-18)9-24-19(25)13-7-15-16(29-10-28-15)8-14(13)21-20(24)26/h3-8H,2,9-10H2,1H3,(H,21,26). The monoisotopic (exact) mass is 408 g/mol. The summed E-state index contributed by atoms with van der Waals surface area (Å²) in [6.07, 6.45) is 0. The van der Waals surface area contributed by atoms with E-state index < -0.39 is 11.2 Å². The molecule has 0 fully saturated rings. The van der Waals surface area contributed by atoms with Gasteiger partial charge in [0.15, 0.2) is 11.5 Å². The van der Waals surface area contributed by atoms with Gasteiger partial charge in [0.05, 0.1) is 17.5 Å². The van der Waals surface area contributed by atoms with E-state index >= 15 is 0 Å². The van der Waals surface area contributed by atoms with Gasteiger partial charge in [-0.1, -0.05) is 5.16 Å². The van der Waals surface area contributed by atoms with Crippen molar-refractivity contribution in [1.82, 2.24) is 19.7 Å². The van der Waals surface area contributed by atoms with Crippen molar-refractivity contribution in [2.75, 3.05) is 13.4 Å². The third-order valence-corrected chi connectivity index (χ3v) is 4.66. The van der Waals surface area contributed by atoms with Gasteiger partial charge in [0.1, 0.15) is 12.3 Å². The first-order valence-electron chi connectivity index (χ1n) is 9.24. The minimum absolute atomic E-state index is 0.0698. The van der Waals surface area contributed by atoms with E-state index in [2.05, 4.69) is 15.1 Å². The predicted molar refractivity (Wildman–Crippen MR) is 105 cm³/mol. The molecule has 0 atom stereocenters. The van der Waals surface area contributed by atoms with Crippen LogP contribution in [-0.2, 0) is 6.54 Å². The van der Waals surface area contributed by atoms with Crippen LogP contribution in [0.4, 0.5) is 0 Å². The summed E-state index contributed by atoms with van der Waals surface area (Å²) in [6, 6.07) is 10.3. The number of fused-ring (bicyclic) bond motifs is 2. The fraction of sp³-hybridized carbons (Fsp3) is 0.200. The summed E-state index contributed by atoms with van der Waals surface area (Å²) in [6.45, 7) is 2.38. The molecule has 4 aromatic rings. The van der Waals surface area contributed by atoms with Crippen molar-refractivity contribution in [3.05, 3.63) is 63.1 Å². The average Bonchev–Trinajstić information content (AvgIpc) is 3.40. The first-order valence-corrected chi connectivity index (χ1v) is 9.24. The number of nitrogens with zero attached hydrogens (tertiary/aromatic N) is 3. The van der Waals surface area contributed by atoms with Gasteiger partial charge >= 0.3 is 5.69 Å². The highest BCUT2D eigenvalue weighted by molar-refractivity contribution is 5.81. The van der Waals surface area contributed by atoms with E-state index in [1.54, 1.807) is 36.4 Å². The number of rotatable bonds is 5. The lowest BCUT2D eigenvalue weighted by Gasteiger charge is -2.05. The van der Waals surface area contributed by atoms with Gasteiger partial charge in [-0.15, -0.1) is 0 Å². The molecule has 2 aromatic carbocycles. The molecule has 1 aliphatic rings. The molecule has 0 radical (unpaired) electrons. The Morgan fingerprint density at radius 1 is 1.13 bits per heavy atom. The smallest absolute Gasteiger partial charge is 0.329 e. The van der Waals surface area contributed by atoms with Crippen LogP contribution in [0, 0.1) is 0 Å². The van der Waals surface area contributed by atoms with E-state index in [9.17, 15) is 9.59 Å². The molecule has 0 unspecified atom stereocenters. The second-order valence-corrected chi connectivity index (χ2v) is 6.54. The maximum Gasteiger partial charge on any atom is 0.329 e. The number of aromatic nitrogens is 4. The fourth-order valence-corrected chi connectivity index (χ4v) is 3.22. The maximum atomic E-state index is 12.9. The number of ether oxygens (including phenoxy) is 3. The molecule has 0 saturated heterocycles. The summed E-state index contributed by atoms with van der Waals surface area (Å²) in [7, 11) is 0. The van der Waals surface area contributed by atoms with E-state index in [1.165, 1.54) is 0 Å². The van der Waals surface area contributed by atoms with Crippen LogP contribution in [0.15, 0.2) is 50.5 Å². The van der Waals surface area contributed by atoms with E-state index in [1.807, 2.05) is 6.92 Å². The number of hydrogen-bond donors (Lipinski definition) is 1. The predicted octanol–water partition coefficient (Wildman–Crippen LogP) is 1.92. The lowest BCUT2D eigenvalue weighted by molar-refractivity contribution is 0.174. The van der Waals surface area contributed by atoms with Crippen LogP contribution >= 0.6 is 0 Å². The molecule has 3 heterocycles. The van der Waals surface area contributed by atoms with E-state index in [0.29, 0.717) is 34.8 Å². The number of benzene rings is 2. The molecule has 10 nitrogen and oxygen atoms in total. The molecule has 152 valence electrons. The Labute approximate surface area is 168 Å². The van der Waals surface area contributed by atoms with Crippen molar-refractivity contribution >= 4 is 10.9 Å². The van der Waals surface area contributed by atoms with Crippen LogP contribution in [0.2, 0.25) is 0 Å². The molecule has 1 N–H and O–H groups in total. The molecule has 0 saturated carbocycles. The number of aromatic amines is 1. The molecule has 30 heavy (non-hydrogen) atoms. The minimum atomic E-state index is -0.591. The Balaban J connectivity index is 1.47. The van der Waals surface area contributed by atoms with Crippen molar-refractivity contribution in [3.63, 3.8) is 0 Å². The summed E-state index contributed by atoms with van der Waals surface area (Å²) in [5.41, 5.74) is 0.00656. The van der Waals surface area contributed by atoms with Crippen LogP contribution in [0.3, 0.4) is 0 Å². The minimum Gasteiger partial charge on any atom is -0.494 e. The normalized spacial score (nSPS) is 12.4. The van der Waals surface area contributed by atoms with E-state index in [0.717, 1.165) is 15.9 Å². The zero-order chi connectivity index (χ0) is 20.7. The molecule has 0 amide bonds. The van der Waals surface area contributed by atoms with Crippen molar-refractivity contribution in [2.45, 2.75) is 13.5 Å². The highest BCUT2D eigenvalue weighted by atomic mass is 16.7. The Morgan fingerprint density at radius 2 is 1.90 bits per heavy atom.